The highest BCUT2D eigenvalue weighted by atomic mass is 32.1. The van der Waals surface area contributed by atoms with Gasteiger partial charge in [0, 0.05) is 24.0 Å². The van der Waals surface area contributed by atoms with Crippen LogP contribution in [0.1, 0.15) is 19.3 Å². The van der Waals surface area contributed by atoms with Gasteiger partial charge in [-0.05, 0) is 18.4 Å². The van der Waals surface area contributed by atoms with E-state index < -0.39 is 0 Å². The average Bonchev–Trinajstić information content (AvgIpc) is 3.02. The van der Waals surface area contributed by atoms with Crippen LogP contribution in [0.25, 0.3) is 21.3 Å². The molecule has 4 rings (SSSR count). The monoisotopic (exact) mass is 310 g/mol. The molecule has 3 heterocycles. The van der Waals surface area contributed by atoms with Crippen molar-refractivity contribution in [1.82, 2.24) is 15.0 Å². The molecule has 5 heteroatoms. The minimum absolute atomic E-state index is 0.923. The summed E-state index contributed by atoms with van der Waals surface area (Å²) >= 11 is 1.68. The van der Waals surface area contributed by atoms with Crippen molar-refractivity contribution in [1.29, 1.82) is 0 Å². The van der Waals surface area contributed by atoms with Crippen molar-refractivity contribution >= 4 is 27.4 Å². The third kappa shape index (κ3) is 2.58. The van der Waals surface area contributed by atoms with Crippen LogP contribution in [0.2, 0.25) is 0 Å². The summed E-state index contributed by atoms with van der Waals surface area (Å²) < 4.78 is 0. The third-order valence-corrected chi connectivity index (χ3v) is 4.96. The van der Waals surface area contributed by atoms with Gasteiger partial charge in [0.25, 0.3) is 0 Å². The Labute approximate surface area is 133 Å². The number of hydrogen-bond donors (Lipinski definition) is 1. The number of anilines is 1. The zero-order valence-electron chi connectivity index (χ0n) is 12.3. The van der Waals surface area contributed by atoms with Crippen LogP contribution in [-0.4, -0.2) is 28.1 Å². The van der Waals surface area contributed by atoms with Crippen molar-refractivity contribution in [2.45, 2.75) is 19.3 Å². The van der Waals surface area contributed by atoms with Crippen molar-refractivity contribution in [3.05, 3.63) is 42.0 Å². The molecule has 0 saturated carbocycles. The summed E-state index contributed by atoms with van der Waals surface area (Å²) in [7, 11) is 0. The van der Waals surface area contributed by atoms with Gasteiger partial charge in [0.15, 0.2) is 5.82 Å². The van der Waals surface area contributed by atoms with Crippen molar-refractivity contribution < 1.29 is 0 Å². The molecule has 1 N–H and O–H groups in total. The van der Waals surface area contributed by atoms with Crippen molar-refractivity contribution in [3.63, 3.8) is 0 Å². The Hall–Kier alpha value is -1.98. The molecule has 1 aliphatic heterocycles. The van der Waals surface area contributed by atoms with Crippen LogP contribution in [0.15, 0.2) is 42.0 Å². The number of fused-ring (bicyclic) bond motifs is 1. The maximum absolute atomic E-state index is 4.50. The predicted molar refractivity (Wildman–Crippen MR) is 91.9 cm³/mol. The van der Waals surface area contributed by atoms with Crippen molar-refractivity contribution in [2.24, 2.45) is 0 Å². The lowest BCUT2D eigenvalue weighted by Gasteiger charge is -2.27. The number of thiophene rings is 1. The number of hydrazine groups is 1. The second kappa shape index (κ2) is 6.02. The van der Waals surface area contributed by atoms with E-state index in [1.54, 1.807) is 17.7 Å². The van der Waals surface area contributed by atoms with Crippen LogP contribution >= 0.6 is 11.3 Å². The molecule has 4 nitrogen and oxygen atoms in total. The SMILES string of the molecule is c1ccc(-c2csc3ncnc(NN4CCCCC4)c23)cc1. The lowest BCUT2D eigenvalue weighted by Crippen LogP contribution is -2.35. The lowest BCUT2D eigenvalue weighted by molar-refractivity contribution is 0.272. The highest BCUT2D eigenvalue weighted by Gasteiger charge is 2.16. The van der Waals surface area contributed by atoms with E-state index in [1.807, 2.05) is 6.07 Å². The average molecular weight is 310 g/mol. The van der Waals surface area contributed by atoms with Gasteiger partial charge in [0.05, 0.1) is 5.39 Å². The summed E-state index contributed by atoms with van der Waals surface area (Å²) in [6.45, 7) is 2.16. The van der Waals surface area contributed by atoms with Crippen LogP contribution < -0.4 is 5.43 Å². The maximum atomic E-state index is 4.50. The van der Waals surface area contributed by atoms with E-state index in [0.29, 0.717) is 0 Å². The molecule has 2 aromatic heterocycles. The van der Waals surface area contributed by atoms with E-state index in [4.69, 9.17) is 0 Å². The van der Waals surface area contributed by atoms with E-state index in [2.05, 4.69) is 50.0 Å². The number of nitrogens with zero attached hydrogens (tertiary/aromatic N) is 3. The molecule has 0 atom stereocenters. The Kier molecular flexibility index (Phi) is 3.74. The minimum atomic E-state index is 0.923. The van der Waals surface area contributed by atoms with E-state index in [9.17, 15) is 0 Å². The first-order valence-electron chi connectivity index (χ1n) is 7.71. The van der Waals surface area contributed by atoms with Crippen molar-refractivity contribution in [3.8, 4) is 11.1 Å². The van der Waals surface area contributed by atoms with Gasteiger partial charge in [0.2, 0.25) is 0 Å². The van der Waals surface area contributed by atoms with Gasteiger partial charge in [-0.2, -0.15) is 0 Å². The normalized spacial score (nSPS) is 16.0. The molecule has 0 aliphatic carbocycles. The number of piperidine rings is 1. The van der Waals surface area contributed by atoms with E-state index in [-0.39, 0.29) is 0 Å². The molecule has 3 aromatic rings. The number of hydrogen-bond acceptors (Lipinski definition) is 5. The molecule has 0 unspecified atom stereocenters. The summed E-state index contributed by atoms with van der Waals surface area (Å²) in [5, 5.41) is 5.58. The highest BCUT2D eigenvalue weighted by molar-refractivity contribution is 7.17. The Morgan fingerprint density at radius 3 is 2.64 bits per heavy atom. The smallest absolute Gasteiger partial charge is 0.153 e. The van der Waals surface area contributed by atoms with Gasteiger partial charge in [0.1, 0.15) is 11.2 Å². The predicted octanol–water partition coefficient (Wildman–Crippen LogP) is 4.17. The van der Waals surface area contributed by atoms with E-state index in [1.165, 1.54) is 30.4 Å². The fraction of sp³-hybridized carbons (Fsp3) is 0.294. The topological polar surface area (TPSA) is 41.1 Å². The van der Waals surface area contributed by atoms with Crippen LogP contribution in [0, 0.1) is 0 Å². The standard InChI is InChI=1S/C17H18N4S/c1-3-7-13(8-4-1)14-11-22-17-15(14)16(18-12-19-17)20-21-9-5-2-6-10-21/h1,3-4,7-8,11-12H,2,5-6,9-10H2,(H,18,19,20). The largest absolute Gasteiger partial charge is 0.302 e. The number of rotatable bonds is 3. The first-order valence-corrected chi connectivity index (χ1v) is 8.59. The summed E-state index contributed by atoms with van der Waals surface area (Å²) in [5.41, 5.74) is 5.93. The molecule has 112 valence electrons. The number of aromatic nitrogens is 2. The second-order valence-corrected chi connectivity index (χ2v) is 6.44. The van der Waals surface area contributed by atoms with E-state index >= 15 is 0 Å². The molecule has 1 saturated heterocycles. The van der Waals surface area contributed by atoms with Gasteiger partial charge in [-0.15, -0.1) is 11.3 Å². The Morgan fingerprint density at radius 1 is 1.00 bits per heavy atom. The van der Waals surface area contributed by atoms with Crippen LogP contribution in [-0.2, 0) is 0 Å². The zero-order chi connectivity index (χ0) is 14.8. The molecule has 0 radical (unpaired) electrons. The van der Waals surface area contributed by atoms with Gasteiger partial charge in [-0.3, -0.25) is 0 Å². The van der Waals surface area contributed by atoms with Crippen molar-refractivity contribution in [2.75, 3.05) is 18.5 Å². The maximum Gasteiger partial charge on any atom is 0.153 e. The quantitative estimate of drug-likeness (QED) is 0.788. The Bertz CT molecular complexity index is 763. The highest BCUT2D eigenvalue weighted by Crippen LogP contribution is 2.36. The molecular formula is C17H18N4S. The summed E-state index contributed by atoms with van der Waals surface area (Å²) in [6.07, 6.45) is 5.47. The summed E-state index contributed by atoms with van der Waals surface area (Å²) in [5.74, 6) is 0.923. The number of nitrogens with one attached hydrogen (secondary N) is 1. The first-order chi connectivity index (χ1) is 10.9. The summed E-state index contributed by atoms with van der Waals surface area (Å²) in [6, 6.07) is 10.5. The van der Waals surface area contributed by atoms with Crippen LogP contribution in [0.3, 0.4) is 0 Å². The number of benzene rings is 1. The van der Waals surface area contributed by atoms with Gasteiger partial charge in [-0.1, -0.05) is 36.8 Å². The molecule has 0 bridgehead atoms. The zero-order valence-corrected chi connectivity index (χ0v) is 13.1. The van der Waals surface area contributed by atoms with Crippen LogP contribution in [0.5, 0.6) is 0 Å². The molecular weight excluding hydrogens is 292 g/mol. The van der Waals surface area contributed by atoms with E-state index in [0.717, 1.165) is 29.1 Å². The first kappa shape index (κ1) is 13.7. The minimum Gasteiger partial charge on any atom is -0.302 e. The fourth-order valence-corrected chi connectivity index (χ4v) is 3.86. The Balaban J connectivity index is 1.76. The molecule has 0 spiro atoms. The molecule has 1 aliphatic rings. The molecule has 1 aromatic carbocycles. The van der Waals surface area contributed by atoms with Crippen LogP contribution in [0.4, 0.5) is 5.82 Å². The summed E-state index contributed by atoms with van der Waals surface area (Å²) in [4.78, 5) is 9.97. The molecule has 1 fully saturated rings. The lowest BCUT2D eigenvalue weighted by atomic mass is 10.1. The van der Waals surface area contributed by atoms with Gasteiger partial charge < -0.3 is 5.43 Å². The molecule has 0 amide bonds. The molecule has 22 heavy (non-hydrogen) atoms. The fourth-order valence-electron chi connectivity index (χ4n) is 2.95. The Morgan fingerprint density at radius 2 is 1.82 bits per heavy atom. The second-order valence-electron chi connectivity index (χ2n) is 5.58. The van der Waals surface area contributed by atoms with Gasteiger partial charge >= 0.3 is 0 Å². The third-order valence-electron chi connectivity index (χ3n) is 4.08. The van der Waals surface area contributed by atoms with Gasteiger partial charge in [-0.25, -0.2) is 15.0 Å².